The summed E-state index contributed by atoms with van der Waals surface area (Å²) in [5.41, 5.74) is 1.12. The van der Waals surface area contributed by atoms with Crippen LogP contribution < -0.4 is 5.32 Å². The van der Waals surface area contributed by atoms with E-state index in [9.17, 15) is 0 Å². The van der Waals surface area contributed by atoms with Crippen LogP contribution in [0.2, 0.25) is 10.0 Å². The molecule has 1 N–H and O–H groups in total. The molecule has 0 radical (unpaired) electrons. The van der Waals surface area contributed by atoms with Gasteiger partial charge in [0.1, 0.15) is 0 Å². The molecule has 0 bridgehead atoms. The van der Waals surface area contributed by atoms with Crippen LogP contribution >= 0.6 is 23.2 Å². The van der Waals surface area contributed by atoms with Gasteiger partial charge in [-0.15, -0.1) is 0 Å². The van der Waals surface area contributed by atoms with Crippen molar-refractivity contribution in [1.82, 2.24) is 5.32 Å². The van der Waals surface area contributed by atoms with Gasteiger partial charge < -0.3 is 5.32 Å². The molecule has 18 heavy (non-hydrogen) atoms. The Morgan fingerprint density at radius 2 is 1.94 bits per heavy atom. The van der Waals surface area contributed by atoms with Gasteiger partial charge in [0.15, 0.2) is 0 Å². The van der Waals surface area contributed by atoms with Gasteiger partial charge in [-0.3, -0.25) is 0 Å². The zero-order chi connectivity index (χ0) is 13.5. The van der Waals surface area contributed by atoms with Crippen LogP contribution in [0.15, 0.2) is 18.2 Å². The Kier molecular flexibility index (Phi) is 7.06. The summed E-state index contributed by atoms with van der Waals surface area (Å²) in [6.07, 6.45) is 4.86. The van der Waals surface area contributed by atoms with Crippen LogP contribution in [0.4, 0.5) is 0 Å². The Hall–Kier alpha value is -0.240. The summed E-state index contributed by atoms with van der Waals surface area (Å²) in [6.45, 7) is 4.47. The maximum absolute atomic E-state index is 6.31. The number of benzene rings is 1. The predicted octanol–water partition coefficient (Wildman–Crippen LogP) is 5.47. The molecule has 0 spiro atoms. The topological polar surface area (TPSA) is 12.0 Å². The van der Waals surface area contributed by atoms with Crippen LogP contribution in [0.25, 0.3) is 0 Å². The summed E-state index contributed by atoms with van der Waals surface area (Å²) in [4.78, 5) is 0. The van der Waals surface area contributed by atoms with E-state index in [0.29, 0.717) is 5.92 Å². The molecule has 0 saturated carbocycles. The van der Waals surface area contributed by atoms with E-state index in [0.717, 1.165) is 22.0 Å². The fourth-order valence-corrected chi connectivity index (χ4v) is 2.89. The minimum atomic E-state index is 0.285. The highest BCUT2D eigenvalue weighted by molar-refractivity contribution is 6.33. The first-order valence-electron chi connectivity index (χ1n) is 6.76. The van der Waals surface area contributed by atoms with E-state index in [4.69, 9.17) is 23.2 Å². The lowest BCUT2D eigenvalue weighted by atomic mass is 9.87. The van der Waals surface area contributed by atoms with E-state index < -0.39 is 0 Å². The maximum Gasteiger partial charge on any atom is 0.0454 e. The van der Waals surface area contributed by atoms with Crippen molar-refractivity contribution in [1.29, 1.82) is 0 Å². The number of halogens is 2. The fourth-order valence-electron chi connectivity index (χ4n) is 2.47. The van der Waals surface area contributed by atoms with Crippen LogP contribution in [0, 0.1) is 5.92 Å². The first-order valence-corrected chi connectivity index (χ1v) is 7.51. The quantitative estimate of drug-likeness (QED) is 0.701. The van der Waals surface area contributed by atoms with E-state index in [1.54, 1.807) is 0 Å². The fraction of sp³-hybridized carbons (Fsp3) is 0.600. The second kappa shape index (κ2) is 8.04. The number of nitrogens with one attached hydrogen (secondary N) is 1. The van der Waals surface area contributed by atoms with Crippen LogP contribution in [0.5, 0.6) is 0 Å². The van der Waals surface area contributed by atoms with Gasteiger partial charge in [-0.1, -0.05) is 56.3 Å². The van der Waals surface area contributed by atoms with Gasteiger partial charge in [-0.2, -0.15) is 0 Å². The van der Waals surface area contributed by atoms with Crippen molar-refractivity contribution in [3.8, 4) is 0 Å². The van der Waals surface area contributed by atoms with E-state index >= 15 is 0 Å². The largest absolute Gasteiger partial charge is 0.313 e. The maximum atomic E-state index is 6.31. The van der Waals surface area contributed by atoms with E-state index in [1.165, 1.54) is 19.3 Å². The van der Waals surface area contributed by atoms with Crippen LogP contribution in [-0.2, 0) is 0 Å². The summed E-state index contributed by atoms with van der Waals surface area (Å²) >= 11 is 12.4. The molecule has 0 aliphatic carbocycles. The normalized spacial score (nSPS) is 14.5. The molecule has 3 heteroatoms. The van der Waals surface area contributed by atoms with Crippen molar-refractivity contribution in [2.24, 2.45) is 5.92 Å². The number of unbranched alkanes of at least 4 members (excludes halogenated alkanes) is 1. The zero-order valence-electron chi connectivity index (χ0n) is 11.5. The van der Waals surface area contributed by atoms with E-state index in [1.807, 2.05) is 25.2 Å². The van der Waals surface area contributed by atoms with Gasteiger partial charge in [0.25, 0.3) is 0 Å². The minimum Gasteiger partial charge on any atom is -0.313 e. The van der Waals surface area contributed by atoms with Crippen molar-refractivity contribution >= 4 is 23.2 Å². The average Bonchev–Trinajstić information content (AvgIpc) is 2.38. The van der Waals surface area contributed by atoms with Crippen molar-refractivity contribution in [2.45, 2.75) is 45.6 Å². The highest BCUT2D eigenvalue weighted by atomic mass is 35.5. The first-order chi connectivity index (χ1) is 8.63. The molecule has 0 aromatic heterocycles. The molecule has 0 saturated heterocycles. The van der Waals surface area contributed by atoms with E-state index in [2.05, 4.69) is 19.2 Å². The van der Waals surface area contributed by atoms with Gasteiger partial charge in [0, 0.05) is 16.1 Å². The Morgan fingerprint density at radius 1 is 1.22 bits per heavy atom. The molecule has 1 rings (SSSR count). The summed E-state index contributed by atoms with van der Waals surface area (Å²) in [6, 6.07) is 6.00. The molecule has 1 nitrogen and oxygen atoms in total. The van der Waals surface area contributed by atoms with Gasteiger partial charge >= 0.3 is 0 Å². The number of hydrogen-bond acceptors (Lipinski definition) is 1. The molecule has 1 aromatic carbocycles. The molecule has 0 heterocycles. The number of rotatable bonds is 7. The molecule has 0 aliphatic rings. The van der Waals surface area contributed by atoms with Crippen molar-refractivity contribution in [3.63, 3.8) is 0 Å². The lowest BCUT2D eigenvalue weighted by Crippen LogP contribution is -2.25. The Bertz CT molecular complexity index is 366. The summed E-state index contributed by atoms with van der Waals surface area (Å²) in [5.74, 6) is 0.603. The van der Waals surface area contributed by atoms with Crippen molar-refractivity contribution in [2.75, 3.05) is 7.05 Å². The predicted molar refractivity (Wildman–Crippen MR) is 81.6 cm³/mol. The lowest BCUT2D eigenvalue weighted by molar-refractivity contribution is 0.339. The van der Waals surface area contributed by atoms with Crippen LogP contribution in [0.3, 0.4) is 0 Å². The summed E-state index contributed by atoms with van der Waals surface area (Å²) < 4.78 is 0. The molecule has 0 fully saturated rings. The molecule has 2 atom stereocenters. The molecule has 2 unspecified atom stereocenters. The molecule has 0 amide bonds. The Balaban J connectivity index is 2.95. The molecular weight excluding hydrogens is 265 g/mol. The third kappa shape index (κ3) is 4.15. The van der Waals surface area contributed by atoms with Crippen LogP contribution in [-0.4, -0.2) is 7.05 Å². The molecule has 102 valence electrons. The van der Waals surface area contributed by atoms with Gasteiger partial charge in [0.2, 0.25) is 0 Å². The van der Waals surface area contributed by atoms with Crippen molar-refractivity contribution < 1.29 is 0 Å². The Labute approximate surface area is 121 Å². The summed E-state index contributed by atoms with van der Waals surface area (Å²) in [5, 5.41) is 4.95. The second-order valence-corrected chi connectivity index (χ2v) is 5.59. The molecule has 1 aromatic rings. The van der Waals surface area contributed by atoms with Gasteiger partial charge in [-0.05, 0) is 43.1 Å². The minimum absolute atomic E-state index is 0.285. The number of hydrogen-bond donors (Lipinski definition) is 1. The molecular formula is C15H23Cl2N. The second-order valence-electron chi connectivity index (χ2n) is 4.74. The Morgan fingerprint density at radius 3 is 2.50 bits per heavy atom. The zero-order valence-corrected chi connectivity index (χ0v) is 13.0. The average molecular weight is 288 g/mol. The van der Waals surface area contributed by atoms with Gasteiger partial charge in [-0.25, -0.2) is 0 Å². The van der Waals surface area contributed by atoms with Crippen LogP contribution in [0.1, 0.15) is 51.1 Å². The third-order valence-electron chi connectivity index (χ3n) is 3.53. The third-order valence-corrected chi connectivity index (χ3v) is 4.11. The lowest BCUT2D eigenvalue weighted by Gasteiger charge is -2.27. The first kappa shape index (κ1) is 15.8. The summed E-state index contributed by atoms with van der Waals surface area (Å²) in [7, 11) is 2.00. The van der Waals surface area contributed by atoms with E-state index in [-0.39, 0.29) is 6.04 Å². The van der Waals surface area contributed by atoms with Crippen molar-refractivity contribution in [3.05, 3.63) is 33.8 Å². The highest BCUT2D eigenvalue weighted by Gasteiger charge is 2.22. The standard InChI is InChI=1S/C15H23Cl2N/c1-4-6-7-11(5-2)15(18-3)13-10-12(16)8-9-14(13)17/h8-11,15,18H,4-7H2,1-3H3. The van der Waals surface area contributed by atoms with Gasteiger partial charge in [0.05, 0.1) is 0 Å². The molecule has 0 aliphatic heterocycles. The smallest absolute Gasteiger partial charge is 0.0454 e. The monoisotopic (exact) mass is 287 g/mol. The SMILES string of the molecule is CCCCC(CC)C(NC)c1cc(Cl)ccc1Cl. The highest BCUT2D eigenvalue weighted by Crippen LogP contribution is 2.34.